The molecule has 0 spiro atoms. The number of ether oxygens (including phenoxy) is 1. The van der Waals surface area contributed by atoms with Gasteiger partial charge in [0.1, 0.15) is 12.9 Å². The van der Waals surface area contributed by atoms with Gasteiger partial charge in [-0.3, -0.25) is 9.59 Å². The summed E-state index contributed by atoms with van der Waals surface area (Å²) in [5, 5.41) is 7.54. The summed E-state index contributed by atoms with van der Waals surface area (Å²) in [4.78, 5) is 22.4. The van der Waals surface area contributed by atoms with E-state index in [0.29, 0.717) is 22.2 Å². The summed E-state index contributed by atoms with van der Waals surface area (Å²) >= 11 is 0. The Labute approximate surface area is 120 Å². The van der Waals surface area contributed by atoms with Crippen LogP contribution in [0.2, 0.25) is 0 Å². The smallest absolute Gasteiger partial charge is 0.272 e. The largest absolute Gasteiger partial charge is 0.471 e. The number of aromatic nitrogens is 2. The second kappa shape index (κ2) is 5.58. The van der Waals surface area contributed by atoms with E-state index < -0.39 is 0 Å². The van der Waals surface area contributed by atoms with Gasteiger partial charge in [0, 0.05) is 5.56 Å². The highest BCUT2D eigenvalue weighted by atomic mass is 16.5. The van der Waals surface area contributed by atoms with Crippen molar-refractivity contribution in [3.63, 3.8) is 0 Å². The van der Waals surface area contributed by atoms with Crippen LogP contribution in [0.25, 0.3) is 10.8 Å². The molecule has 0 saturated heterocycles. The minimum Gasteiger partial charge on any atom is -0.471 e. The number of hydrogen-bond donors (Lipinski definition) is 1. The number of hydrogen-bond acceptors (Lipinski definition) is 4. The molecule has 0 atom stereocenters. The fraction of sp³-hybridized carbons (Fsp3) is 0.0625. The Hall–Kier alpha value is -2.95. The van der Waals surface area contributed by atoms with E-state index in [1.54, 1.807) is 36.4 Å². The molecule has 0 aliphatic heterocycles. The molecule has 0 fully saturated rings. The molecule has 5 heteroatoms. The highest BCUT2D eigenvalue weighted by Gasteiger charge is 2.07. The molecular formula is C16H12N2O3. The van der Waals surface area contributed by atoms with Crippen molar-refractivity contribution >= 4 is 17.1 Å². The highest BCUT2D eigenvalue weighted by Crippen LogP contribution is 2.20. The molecule has 0 amide bonds. The van der Waals surface area contributed by atoms with Crippen LogP contribution in [0, 0.1) is 0 Å². The lowest BCUT2D eigenvalue weighted by Gasteiger charge is -2.07. The summed E-state index contributed by atoms with van der Waals surface area (Å²) in [7, 11) is 0. The predicted octanol–water partition coefficient (Wildman–Crippen LogP) is 2.31. The molecule has 21 heavy (non-hydrogen) atoms. The number of nitrogens with zero attached hydrogens (tertiary/aromatic N) is 1. The van der Waals surface area contributed by atoms with Gasteiger partial charge < -0.3 is 4.74 Å². The van der Waals surface area contributed by atoms with Gasteiger partial charge >= 0.3 is 0 Å². The van der Waals surface area contributed by atoms with E-state index in [2.05, 4.69) is 10.2 Å². The van der Waals surface area contributed by atoms with Crippen LogP contribution in [0.3, 0.4) is 0 Å². The fourth-order valence-electron chi connectivity index (χ4n) is 2.11. The molecular weight excluding hydrogens is 268 g/mol. The second-order valence-corrected chi connectivity index (χ2v) is 4.56. The topological polar surface area (TPSA) is 72.0 Å². The third-order valence-electron chi connectivity index (χ3n) is 3.12. The van der Waals surface area contributed by atoms with Crippen molar-refractivity contribution in [3.8, 4) is 5.88 Å². The summed E-state index contributed by atoms with van der Waals surface area (Å²) < 4.78 is 5.66. The SMILES string of the molecule is O=Cc1cccc(COc2n[nH]c(=O)c3ccccc23)c1. The molecule has 104 valence electrons. The van der Waals surface area contributed by atoms with E-state index in [1.165, 1.54) is 0 Å². The quantitative estimate of drug-likeness (QED) is 0.744. The van der Waals surface area contributed by atoms with Gasteiger partial charge in [-0.1, -0.05) is 30.3 Å². The Morgan fingerprint density at radius 3 is 2.71 bits per heavy atom. The molecule has 2 aromatic carbocycles. The van der Waals surface area contributed by atoms with Crippen LogP contribution in [0.1, 0.15) is 15.9 Å². The molecule has 3 rings (SSSR count). The third kappa shape index (κ3) is 2.67. The summed E-state index contributed by atoms with van der Waals surface area (Å²) in [6.07, 6.45) is 0.789. The van der Waals surface area contributed by atoms with Crippen LogP contribution in [0.4, 0.5) is 0 Å². The average Bonchev–Trinajstić information content (AvgIpc) is 2.55. The van der Waals surface area contributed by atoms with Crippen molar-refractivity contribution in [3.05, 3.63) is 70.0 Å². The van der Waals surface area contributed by atoms with Crippen molar-refractivity contribution in [1.29, 1.82) is 0 Å². The summed E-state index contributed by atoms with van der Waals surface area (Å²) in [6.45, 7) is 0.269. The van der Waals surface area contributed by atoms with Crippen molar-refractivity contribution < 1.29 is 9.53 Å². The van der Waals surface area contributed by atoms with E-state index in [1.807, 2.05) is 12.1 Å². The molecule has 0 radical (unpaired) electrons. The molecule has 1 N–H and O–H groups in total. The Balaban J connectivity index is 1.90. The number of aldehydes is 1. The molecule has 0 aliphatic rings. The normalized spacial score (nSPS) is 10.5. The van der Waals surface area contributed by atoms with Gasteiger partial charge in [-0.25, -0.2) is 5.10 Å². The second-order valence-electron chi connectivity index (χ2n) is 4.56. The molecule has 0 bridgehead atoms. The number of nitrogens with one attached hydrogen (secondary N) is 1. The van der Waals surface area contributed by atoms with Crippen molar-refractivity contribution in [1.82, 2.24) is 10.2 Å². The first-order valence-corrected chi connectivity index (χ1v) is 6.42. The first-order chi connectivity index (χ1) is 10.3. The van der Waals surface area contributed by atoms with Gasteiger partial charge in [-0.2, -0.15) is 0 Å². The lowest BCUT2D eigenvalue weighted by Crippen LogP contribution is -2.10. The summed E-state index contributed by atoms with van der Waals surface area (Å²) in [5.41, 5.74) is 1.20. The molecule has 5 nitrogen and oxygen atoms in total. The van der Waals surface area contributed by atoms with Gasteiger partial charge in [-0.15, -0.1) is 5.10 Å². The summed E-state index contributed by atoms with van der Waals surface area (Å²) in [5.74, 6) is 0.363. The zero-order valence-corrected chi connectivity index (χ0v) is 11.1. The molecule has 0 unspecified atom stereocenters. The first-order valence-electron chi connectivity index (χ1n) is 6.42. The van der Waals surface area contributed by atoms with Crippen LogP contribution in [-0.4, -0.2) is 16.5 Å². The number of fused-ring (bicyclic) bond motifs is 1. The molecule has 0 saturated carbocycles. The molecule has 1 heterocycles. The lowest BCUT2D eigenvalue weighted by atomic mass is 10.1. The van der Waals surface area contributed by atoms with Gasteiger partial charge in [0.25, 0.3) is 5.56 Å². The number of benzene rings is 2. The minimum atomic E-state index is -0.249. The maximum absolute atomic E-state index is 11.7. The van der Waals surface area contributed by atoms with Crippen LogP contribution in [0.15, 0.2) is 53.3 Å². The lowest BCUT2D eigenvalue weighted by molar-refractivity contribution is 0.112. The number of rotatable bonds is 4. The van der Waals surface area contributed by atoms with Gasteiger partial charge in [-0.05, 0) is 23.8 Å². The fourth-order valence-corrected chi connectivity index (χ4v) is 2.11. The maximum atomic E-state index is 11.7. The van der Waals surface area contributed by atoms with E-state index >= 15 is 0 Å². The van der Waals surface area contributed by atoms with Crippen LogP contribution >= 0.6 is 0 Å². The molecule has 1 aromatic heterocycles. The summed E-state index contributed by atoms with van der Waals surface area (Å²) in [6, 6.07) is 14.2. The van der Waals surface area contributed by atoms with Crippen LogP contribution < -0.4 is 10.3 Å². The third-order valence-corrected chi connectivity index (χ3v) is 3.12. The zero-order valence-electron chi connectivity index (χ0n) is 11.1. The van der Waals surface area contributed by atoms with Crippen LogP contribution in [-0.2, 0) is 6.61 Å². The Bertz CT molecular complexity index is 855. The Morgan fingerprint density at radius 1 is 1.10 bits per heavy atom. The number of aromatic amines is 1. The van der Waals surface area contributed by atoms with E-state index in [9.17, 15) is 9.59 Å². The van der Waals surface area contributed by atoms with E-state index in [0.717, 1.165) is 11.8 Å². The molecule has 0 aliphatic carbocycles. The average molecular weight is 280 g/mol. The number of carbonyl (C=O) groups is 1. The number of carbonyl (C=O) groups excluding carboxylic acids is 1. The highest BCUT2D eigenvalue weighted by molar-refractivity contribution is 5.85. The predicted molar refractivity (Wildman–Crippen MR) is 78.5 cm³/mol. The molecule has 3 aromatic rings. The van der Waals surface area contributed by atoms with Crippen LogP contribution in [0.5, 0.6) is 5.88 Å². The Morgan fingerprint density at radius 2 is 1.90 bits per heavy atom. The van der Waals surface area contributed by atoms with Gasteiger partial charge in [0.15, 0.2) is 0 Å². The van der Waals surface area contributed by atoms with E-state index in [-0.39, 0.29) is 12.2 Å². The maximum Gasteiger partial charge on any atom is 0.272 e. The van der Waals surface area contributed by atoms with Gasteiger partial charge in [0.05, 0.1) is 10.8 Å². The van der Waals surface area contributed by atoms with Crippen molar-refractivity contribution in [2.45, 2.75) is 6.61 Å². The first kappa shape index (κ1) is 13.1. The zero-order chi connectivity index (χ0) is 14.7. The monoisotopic (exact) mass is 280 g/mol. The van der Waals surface area contributed by atoms with E-state index in [4.69, 9.17) is 4.74 Å². The number of H-pyrrole nitrogens is 1. The Kier molecular flexibility index (Phi) is 3.47. The minimum absolute atomic E-state index is 0.249. The van der Waals surface area contributed by atoms with Gasteiger partial charge in [0.2, 0.25) is 5.88 Å². The van der Waals surface area contributed by atoms with Crippen molar-refractivity contribution in [2.24, 2.45) is 0 Å². The van der Waals surface area contributed by atoms with Crippen molar-refractivity contribution in [2.75, 3.05) is 0 Å². The standard InChI is InChI=1S/C16H12N2O3/c19-9-11-4-3-5-12(8-11)10-21-16-14-7-2-1-6-13(14)15(20)17-18-16/h1-9H,10H2,(H,17,20).